The molecule has 1 amide bonds. The predicted octanol–water partition coefficient (Wildman–Crippen LogP) is 4.44. The lowest BCUT2D eigenvalue weighted by Crippen LogP contribution is -2.11. The highest BCUT2D eigenvalue weighted by Crippen LogP contribution is 2.30. The molecule has 5 nitrogen and oxygen atoms in total. The molecule has 0 atom stereocenters. The number of benzene rings is 2. The van der Waals surface area contributed by atoms with Gasteiger partial charge in [0.1, 0.15) is 0 Å². The summed E-state index contributed by atoms with van der Waals surface area (Å²) in [7, 11) is 1.58. The first kappa shape index (κ1) is 16.5. The SMILES string of the molecule is COc1ccccc1Oc1ccc(NC(=O)c2ccc(C)cc2)cn1. The van der Waals surface area contributed by atoms with Crippen molar-refractivity contribution in [2.24, 2.45) is 0 Å². The maximum atomic E-state index is 12.2. The third-order valence-corrected chi connectivity index (χ3v) is 3.59. The molecule has 3 aromatic rings. The van der Waals surface area contributed by atoms with E-state index >= 15 is 0 Å². The molecule has 126 valence electrons. The number of carbonyl (C=O) groups excluding carboxylic acids is 1. The average Bonchev–Trinajstić information content (AvgIpc) is 2.64. The van der Waals surface area contributed by atoms with Crippen LogP contribution in [0, 0.1) is 6.92 Å². The highest BCUT2D eigenvalue weighted by Gasteiger charge is 2.08. The van der Waals surface area contributed by atoms with Gasteiger partial charge in [-0.15, -0.1) is 0 Å². The monoisotopic (exact) mass is 334 g/mol. The smallest absolute Gasteiger partial charge is 0.255 e. The van der Waals surface area contributed by atoms with E-state index in [1.165, 1.54) is 0 Å². The number of ether oxygens (including phenoxy) is 2. The molecular formula is C20H18N2O3. The van der Waals surface area contributed by atoms with Crippen LogP contribution in [-0.4, -0.2) is 18.0 Å². The molecule has 0 saturated carbocycles. The second-order valence-electron chi connectivity index (χ2n) is 5.46. The number of aromatic nitrogens is 1. The highest BCUT2D eigenvalue weighted by molar-refractivity contribution is 6.04. The number of pyridine rings is 1. The van der Waals surface area contributed by atoms with Crippen molar-refractivity contribution in [3.8, 4) is 17.4 Å². The van der Waals surface area contributed by atoms with Crippen LogP contribution in [-0.2, 0) is 0 Å². The van der Waals surface area contributed by atoms with Gasteiger partial charge in [0.05, 0.1) is 19.0 Å². The van der Waals surface area contributed by atoms with Crippen LogP contribution >= 0.6 is 0 Å². The van der Waals surface area contributed by atoms with Crippen molar-refractivity contribution in [2.45, 2.75) is 6.92 Å². The molecule has 1 N–H and O–H groups in total. The van der Waals surface area contributed by atoms with Gasteiger partial charge in [0.15, 0.2) is 11.5 Å². The van der Waals surface area contributed by atoms with Gasteiger partial charge in [-0.25, -0.2) is 4.98 Å². The summed E-state index contributed by atoms with van der Waals surface area (Å²) in [5, 5.41) is 2.81. The van der Waals surface area contributed by atoms with E-state index in [0.717, 1.165) is 5.56 Å². The van der Waals surface area contributed by atoms with Gasteiger partial charge < -0.3 is 14.8 Å². The van der Waals surface area contributed by atoms with Crippen LogP contribution < -0.4 is 14.8 Å². The zero-order valence-corrected chi connectivity index (χ0v) is 14.0. The standard InChI is InChI=1S/C20H18N2O3/c1-14-7-9-15(10-8-14)20(23)22-16-11-12-19(21-13-16)25-18-6-4-3-5-17(18)24-2/h3-13H,1-2H3,(H,22,23). The van der Waals surface area contributed by atoms with E-state index in [2.05, 4.69) is 10.3 Å². The molecule has 0 radical (unpaired) electrons. The summed E-state index contributed by atoms with van der Waals surface area (Å²) in [6, 6.07) is 18.1. The molecule has 0 fully saturated rings. The molecule has 2 aromatic carbocycles. The second-order valence-corrected chi connectivity index (χ2v) is 5.46. The number of carbonyl (C=O) groups is 1. The Bertz CT molecular complexity index is 859. The number of nitrogens with one attached hydrogen (secondary N) is 1. The first-order chi connectivity index (χ1) is 12.2. The Labute approximate surface area is 146 Å². The normalized spacial score (nSPS) is 10.2. The summed E-state index contributed by atoms with van der Waals surface area (Å²) < 4.78 is 11.0. The minimum absolute atomic E-state index is 0.180. The van der Waals surface area contributed by atoms with Crippen molar-refractivity contribution in [3.63, 3.8) is 0 Å². The number of nitrogens with zero attached hydrogens (tertiary/aromatic N) is 1. The number of rotatable bonds is 5. The highest BCUT2D eigenvalue weighted by atomic mass is 16.5. The minimum atomic E-state index is -0.180. The first-order valence-electron chi connectivity index (χ1n) is 7.80. The van der Waals surface area contributed by atoms with Crippen molar-refractivity contribution < 1.29 is 14.3 Å². The van der Waals surface area contributed by atoms with Crippen molar-refractivity contribution in [2.75, 3.05) is 12.4 Å². The largest absolute Gasteiger partial charge is 0.493 e. The summed E-state index contributed by atoms with van der Waals surface area (Å²) >= 11 is 0. The molecule has 0 aliphatic heterocycles. The lowest BCUT2D eigenvalue weighted by molar-refractivity contribution is 0.102. The number of aryl methyl sites for hydroxylation is 1. The molecular weight excluding hydrogens is 316 g/mol. The summed E-state index contributed by atoms with van der Waals surface area (Å²) in [4.78, 5) is 16.4. The van der Waals surface area contributed by atoms with Gasteiger partial charge in [-0.05, 0) is 37.3 Å². The van der Waals surface area contributed by atoms with Gasteiger partial charge in [-0.2, -0.15) is 0 Å². The Morgan fingerprint density at radius 1 is 0.960 bits per heavy atom. The Kier molecular flexibility index (Phi) is 4.95. The maximum Gasteiger partial charge on any atom is 0.255 e. The van der Waals surface area contributed by atoms with Crippen LogP contribution in [0.4, 0.5) is 5.69 Å². The lowest BCUT2D eigenvalue weighted by Gasteiger charge is -2.10. The van der Waals surface area contributed by atoms with E-state index in [4.69, 9.17) is 9.47 Å². The van der Waals surface area contributed by atoms with Crippen LogP contribution in [0.15, 0.2) is 66.9 Å². The molecule has 0 bridgehead atoms. The predicted molar refractivity (Wildman–Crippen MR) is 96.4 cm³/mol. The fourth-order valence-electron chi connectivity index (χ4n) is 2.24. The molecule has 0 unspecified atom stereocenters. The van der Waals surface area contributed by atoms with Crippen LogP contribution in [0.3, 0.4) is 0 Å². The molecule has 0 saturated heterocycles. The fraction of sp³-hybridized carbons (Fsp3) is 0.100. The van der Waals surface area contributed by atoms with Crippen LogP contribution in [0.5, 0.6) is 17.4 Å². The third kappa shape index (κ3) is 4.14. The van der Waals surface area contributed by atoms with E-state index in [1.807, 2.05) is 37.3 Å². The maximum absolute atomic E-state index is 12.2. The molecule has 1 heterocycles. The topological polar surface area (TPSA) is 60.5 Å². The van der Waals surface area contributed by atoms with Crippen molar-refractivity contribution in [1.29, 1.82) is 0 Å². The Morgan fingerprint density at radius 3 is 2.32 bits per heavy atom. The molecule has 0 spiro atoms. The van der Waals surface area contributed by atoms with E-state index < -0.39 is 0 Å². The number of hydrogen-bond acceptors (Lipinski definition) is 4. The number of para-hydroxylation sites is 2. The molecule has 3 rings (SSSR count). The Morgan fingerprint density at radius 2 is 1.68 bits per heavy atom. The van der Waals surface area contributed by atoms with E-state index in [9.17, 15) is 4.79 Å². The van der Waals surface area contributed by atoms with Crippen LogP contribution in [0.1, 0.15) is 15.9 Å². The van der Waals surface area contributed by atoms with Crippen molar-refractivity contribution in [3.05, 3.63) is 78.0 Å². The second kappa shape index (κ2) is 7.49. The van der Waals surface area contributed by atoms with E-state index in [0.29, 0.717) is 28.6 Å². The number of hydrogen-bond donors (Lipinski definition) is 1. The summed E-state index contributed by atoms with van der Waals surface area (Å²) in [5.74, 6) is 1.44. The van der Waals surface area contributed by atoms with Crippen LogP contribution in [0.2, 0.25) is 0 Å². The molecule has 5 heteroatoms. The molecule has 0 aliphatic rings. The Balaban J connectivity index is 1.68. The van der Waals surface area contributed by atoms with Crippen molar-refractivity contribution >= 4 is 11.6 Å². The molecule has 25 heavy (non-hydrogen) atoms. The minimum Gasteiger partial charge on any atom is -0.493 e. The third-order valence-electron chi connectivity index (χ3n) is 3.59. The molecule has 1 aromatic heterocycles. The van der Waals surface area contributed by atoms with E-state index in [1.54, 1.807) is 43.6 Å². The van der Waals surface area contributed by atoms with E-state index in [-0.39, 0.29) is 5.91 Å². The zero-order valence-electron chi connectivity index (χ0n) is 14.0. The van der Waals surface area contributed by atoms with Gasteiger partial charge >= 0.3 is 0 Å². The summed E-state index contributed by atoms with van der Waals surface area (Å²) in [6.45, 7) is 1.98. The average molecular weight is 334 g/mol. The lowest BCUT2D eigenvalue weighted by atomic mass is 10.1. The van der Waals surface area contributed by atoms with Gasteiger partial charge in [0, 0.05) is 11.6 Å². The number of amides is 1. The van der Waals surface area contributed by atoms with Gasteiger partial charge in [-0.1, -0.05) is 29.8 Å². The quantitative estimate of drug-likeness (QED) is 0.749. The summed E-state index contributed by atoms with van der Waals surface area (Å²) in [5.41, 5.74) is 2.30. The van der Waals surface area contributed by atoms with Gasteiger partial charge in [0.25, 0.3) is 5.91 Å². The number of anilines is 1. The van der Waals surface area contributed by atoms with Crippen LogP contribution in [0.25, 0.3) is 0 Å². The first-order valence-corrected chi connectivity index (χ1v) is 7.80. The summed E-state index contributed by atoms with van der Waals surface area (Å²) in [6.07, 6.45) is 1.55. The van der Waals surface area contributed by atoms with Gasteiger partial charge in [-0.3, -0.25) is 4.79 Å². The number of methoxy groups -OCH3 is 1. The van der Waals surface area contributed by atoms with Crippen molar-refractivity contribution in [1.82, 2.24) is 4.98 Å². The van der Waals surface area contributed by atoms with Gasteiger partial charge in [0.2, 0.25) is 5.88 Å². The Hall–Kier alpha value is -3.34. The molecule has 0 aliphatic carbocycles. The fourth-order valence-corrected chi connectivity index (χ4v) is 2.24. The zero-order chi connectivity index (χ0) is 17.6.